The van der Waals surface area contributed by atoms with Gasteiger partial charge in [0.2, 0.25) is 0 Å². The molecule has 1 aromatic heterocycles. The molecule has 1 fully saturated rings. The van der Waals surface area contributed by atoms with E-state index in [0.29, 0.717) is 0 Å². The van der Waals surface area contributed by atoms with Crippen molar-refractivity contribution in [3.8, 4) is 0 Å². The Hall–Kier alpha value is -1.36. The van der Waals surface area contributed by atoms with E-state index in [0.717, 1.165) is 18.5 Å². The third kappa shape index (κ3) is 1.21. The number of hydrogen-bond acceptors (Lipinski definition) is 4. The number of imidazole rings is 1. The molecular weight excluding hydrogens is 182 g/mol. The topological polar surface area (TPSA) is 81.0 Å². The second-order valence-corrected chi connectivity index (χ2v) is 3.62. The summed E-state index contributed by atoms with van der Waals surface area (Å²) in [4.78, 5) is 18.2. The number of carbonyl (C=O) groups is 1. The van der Waals surface area contributed by atoms with Crippen LogP contribution < -0.4 is 5.73 Å². The highest BCUT2D eigenvalue weighted by Crippen LogP contribution is 2.49. The summed E-state index contributed by atoms with van der Waals surface area (Å²) in [6.07, 6.45) is 5.13. The summed E-state index contributed by atoms with van der Waals surface area (Å²) in [5, 5.41) is 0. The van der Waals surface area contributed by atoms with Gasteiger partial charge in [0, 0.05) is 17.3 Å². The van der Waals surface area contributed by atoms with Crippen LogP contribution in [0.2, 0.25) is 0 Å². The molecule has 0 amide bonds. The van der Waals surface area contributed by atoms with Crippen molar-refractivity contribution in [1.82, 2.24) is 9.97 Å². The van der Waals surface area contributed by atoms with Crippen molar-refractivity contribution in [2.24, 2.45) is 5.73 Å². The summed E-state index contributed by atoms with van der Waals surface area (Å²) in [5.41, 5.74) is 6.50. The van der Waals surface area contributed by atoms with Crippen molar-refractivity contribution in [1.29, 1.82) is 0 Å². The smallest absolute Gasteiger partial charge is 0.323 e. The molecule has 0 aliphatic heterocycles. The predicted molar refractivity (Wildman–Crippen MR) is 49.5 cm³/mol. The highest BCUT2D eigenvalue weighted by Gasteiger charge is 2.53. The van der Waals surface area contributed by atoms with E-state index in [2.05, 4.69) is 14.7 Å². The number of ether oxygens (including phenoxy) is 1. The normalized spacial score (nSPS) is 20.1. The van der Waals surface area contributed by atoms with Crippen molar-refractivity contribution >= 4 is 5.97 Å². The number of carbonyl (C=O) groups excluding carboxylic acids is 1. The fraction of sp³-hybridized carbons (Fsp3) is 0.556. The minimum atomic E-state index is -0.590. The van der Waals surface area contributed by atoms with Crippen LogP contribution in [0.3, 0.4) is 0 Å². The third-order valence-corrected chi connectivity index (χ3v) is 2.87. The molecule has 0 aromatic carbocycles. The number of nitrogens with zero attached hydrogens (tertiary/aromatic N) is 1. The van der Waals surface area contributed by atoms with Crippen LogP contribution in [0, 0.1) is 0 Å². The molecule has 0 spiro atoms. The Labute approximate surface area is 81.7 Å². The van der Waals surface area contributed by atoms with Gasteiger partial charge in [-0.15, -0.1) is 0 Å². The maximum atomic E-state index is 11.3. The van der Waals surface area contributed by atoms with Gasteiger partial charge in [-0.05, 0) is 12.8 Å². The second-order valence-electron chi connectivity index (χ2n) is 3.62. The van der Waals surface area contributed by atoms with Gasteiger partial charge in [0.15, 0.2) is 0 Å². The first-order valence-corrected chi connectivity index (χ1v) is 4.53. The molecule has 2 rings (SSSR count). The van der Waals surface area contributed by atoms with Crippen molar-refractivity contribution in [3.63, 3.8) is 0 Å². The first-order valence-electron chi connectivity index (χ1n) is 4.53. The summed E-state index contributed by atoms with van der Waals surface area (Å²) in [6, 6.07) is -0.590. The average molecular weight is 195 g/mol. The number of hydrogen-bond donors (Lipinski definition) is 2. The van der Waals surface area contributed by atoms with Gasteiger partial charge in [-0.1, -0.05) is 0 Å². The summed E-state index contributed by atoms with van der Waals surface area (Å²) in [6.45, 7) is 0. The standard InChI is InChI=1S/C9H13N3O2/c1-14-8(13)7(10)9(2-3-9)6-4-11-5-12-6/h4-5,7H,2-3,10H2,1H3,(H,11,12). The van der Waals surface area contributed by atoms with Gasteiger partial charge in [0.25, 0.3) is 0 Å². The van der Waals surface area contributed by atoms with Gasteiger partial charge >= 0.3 is 5.97 Å². The predicted octanol–water partition coefficient (Wildman–Crippen LogP) is -0.0584. The number of aromatic nitrogens is 2. The van der Waals surface area contributed by atoms with Crippen LogP contribution in [0.15, 0.2) is 12.5 Å². The third-order valence-electron chi connectivity index (χ3n) is 2.87. The number of nitrogens with one attached hydrogen (secondary N) is 1. The molecule has 1 atom stereocenters. The largest absolute Gasteiger partial charge is 0.468 e. The summed E-state index contributed by atoms with van der Waals surface area (Å²) in [5.74, 6) is -0.364. The Morgan fingerprint density at radius 2 is 2.50 bits per heavy atom. The lowest BCUT2D eigenvalue weighted by Gasteiger charge is -2.19. The van der Waals surface area contributed by atoms with Crippen LogP contribution in [0.25, 0.3) is 0 Å². The second kappa shape index (κ2) is 3.09. The number of nitrogens with two attached hydrogens (primary N) is 1. The molecule has 14 heavy (non-hydrogen) atoms. The molecular formula is C9H13N3O2. The van der Waals surface area contributed by atoms with Gasteiger partial charge in [0.1, 0.15) is 6.04 Å². The summed E-state index contributed by atoms with van der Waals surface area (Å²) in [7, 11) is 1.35. The van der Waals surface area contributed by atoms with Crippen LogP contribution in [-0.2, 0) is 14.9 Å². The van der Waals surface area contributed by atoms with Crippen molar-refractivity contribution in [3.05, 3.63) is 18.2 Å². The molecule has 1 aliphatic rings. The van der Waals surface area contributed by atoms with E-state index in [1.807, 2.05) is 0 Å². The van der Waals surface area contributed by atoms with Crippen LogP contribution in [0.5, 0.6) is 0 Å². The Morgan fingerprint density at radius 1 is 1.79 bits per heavy atom. The Balaban J connectivity index is 2.21. The molecule has 5 nitrogen and oxygen atoms in total. The number of methoxy groups -OCH3 is 1. The van der Waals surface area contributed by atoms with E-state index in [9.17, 15) is 4.79 Å². The zero-order chi connectivity index (χ0) is 10.2. The molecule has 1 saturated carbocycles. The minimum Gasteiger partial charge on any atom is -0.468 e. The van der Waals surface area contributed by atoms with E-state index < -0.39 is 6.04 Å². The average Bonchev–Trinajstić information content (AvgIpc) is 2.84. The van der Waals surface area contributed by atoms with E-state index in [4.69, 9.17) is 5.73 Å². The van der Waals surface area contributed by atoms with Crippen LogP contribution in [0.4, 0.5) is 0 Å². The van der Waals surface area contributed by atoms with Crippen LogP contribution >= 0.6 is 0 Å². The van der Waals surface area contributed by atoms with Gasteiger partial charge in [-0.3, -0.25) is 4.79 Å². The molecule has 1 heterocycles. The van der Waals surface area contributed by atoms with E-state index in [1.54, 1.807) is 12.5 Å². The molecule has 1 aromatic rings. The Bertz CT molecular complexity index is 330. The van der Waals surface area contributed by atoms with Gasteiger partial charge < -0.3 is 15.5 Å². The maximum Gasteiger partial charge on any atom is 0.323 e. The van der Waals surface area contributed by atoms with Gasteiger partial charge in [-0.25, -0.2) is 4.98 Å². The quantitative estimate of drug-likeness (QED) is 0.662. The Morgan fingerprint density at radius 3 is 2.93 bits per heavy atom. The number of esters is 1. The lowest BCUT2D eigenvalue weighted by molar-refractivity contribution is -0.143. The summed E-state index contributed by atoms with van der Waals surface area (Å²) >= 11 is 0. The summed E-state index contributed by atoms with van der Waals surface area (Å²) < 4.78 is 4.64. The van der Waals surface area contributed by atoms with Crippen molar-refractivity contribution in [2.45, 2.75) is 24.3 Å². The van der Waals surface area contributed by atoms with E-state index >= 15 is 0 Å². The fourth-order valence-electron chi connectivity index (χ4n) is 1.76. The highest BCUT2D eigenvalue weighted by molar-refractivity contribution is 5.78. The highest BCUT2D eigenvalue weighted by atomic mass is 16.5. The van der Waals surface area contributed by atoms with Crippen molar-refractivity contribution < 1.29 is 9.53 Å². The monoisotopic (exact) mass is 195 g/mol. The van der Waals surface area contributed by atoms with E-state index in [-0.39, 0.29) is 11.4 Å². The Kier molecular flexibility index (Phi) is 2.03. The van der Waals surface area contributed by atoms with Gasteiger partial charge in [-0.2, -0.15) is 0 Å². The van der Waals surface area contributed by atoms with Crippen LogP contribution in [0.1, 0.15) is 18.5 Å². The maximum absolute atomic E-state index is 11.3. The SMILES string of the molecule is COC(=O)C(N)C1(c2cnc[nH]2)CC1. The molecule has 3 N–H and O–H groups in total. The lowest BCUT2D eigenvalue weighted by atomic mass is 9.94. The van der Waals surface area contributed by atoms with Gasteiger partial charge in [0.05, 0.1) is 13.4 Å². The molecule has 0 radical (unpaired) electrons. The molecule has 5 heteroatoms. The van der Waals surface area contributed by atoms with Crippen LogP contribution in [-0.4, -0.2) is 29.1 Å². The molecule has 0 saturated heterocycles. The number of H-pyrrole nitrogens is 1. The lowest BCUT2D eigenvalue weighted by Crippen LogP contribution is -2.43. The molecule has 1 unspecified atom stereocenters. The zero-order valence-corrected chi connectivity index (χ0v) is 7.99. The first-order chi connectivity index (χ1) is 6.70. The molecule has 76 valence electrons. The molecule has 0 bridgehead atoms. The van der Waals surface area contributed by atoms with Crippen molar-refractivity contribution in [2.75, 3.05) is 7.11 Å². The fourth-order valence-corrected chi connectivity index (χ4v) is 1.76. The zero-order valence-electron chi connectivity index (χ0n) is 7.99. The minimum absolute atomic E-state index is 0.260. The molecule has 1 aliphatic carbocycles. The number of aromatic amines is 1. The number of rotatable bonds is 3. The van der Waals surface area contributed by atoms with E-state index in [1.165, 1.54) is 7.11 Å². The first kappa shape index (κ1) is 9.21.